The molecule has 1 saturated heterocycles. The average Bonchev–Trinajstić information content (AvgIpc) is 2.58. The number of aromatic carboxylic acids is 1. The second-order valence-corrected chi connectivity index (χ2v) is 4.68. The molecule has 84 valence electrons. The first kappa shape index (κ1) is 11.0. The lowest BCUT2D eigenvalue weighted by Crippen LogP contribution is -2.26. The van der Waals surface area contributed by atoms with Gasteiger partial charge >= 0.3 is 5.97 Å². The highest BCUT2D eigenvalue weighted by Gasteiger charge is 2.30. The van der Waals surface area contributed by atoms with E-state index in [1.54, 1.807) is 0 Å². The highest BCUT2D eigenvalue weighted by Crippen LogP contribution is 2.21. The predicted molar refractivity (Wildman–Crippen MR) is 58.7 cm³/mol. The van der Waals surface area contributed by atoms with E-state index in [-0.39, 0.29) is 22.2 Å². The number of carboxylic acids is 1. The lowest BCUT2D eigenvalue weighted by atomic mass is 10.3. The molecule has 16 heavy (non-hydrogen) atoms. The van der Waals surface area contributed by atoms with Crippen molar-refractivity contribution in [2.24, 2.45) is 0 Å². The van der Waals surface area contributed by atoms with Crippen LogP contribution in [0.1, 0.15) is 16.8 Å². The number of rotatable bonds is 2. The second-order valence-electron chi connectivity index (χ2n) is 3.38. The van der Waals surface area contributed by atoms with Gasteiger partial charge < -0.3 is 5.11 Å². The molecule has 1 aromatic rings. The Balaban J connectivity index is 2.22. The third-order valence-corrected chi connectivity index (χ3v) is 2.82. The van der Waals surface area contributed by atoms with Gasteiger partial charge in [0, 0.05) is 30.2 Å². The van der Waals surface area contributed by atoms with Gasteiger partial charge in [-0.25, -0.2) is 14.8 Å². The van der Waals surface area contributed by atoms with Crippen LogP contribution in [0.25, 0.3) is 0 Å². The van der Waals surface area contributed by atoms with E-state index in [4.69, 9.17) is 5.11 Å². The van der Waals surface area contributed by atoms with Crippen LogP contribution in [0.2, 0.25) is 0 Å². The van der Waals surface area contributed by atoms with Gasteiger partial charge in [-0.1, -0.05) is 15.9 Å². The maximum Gasteiger partial charge on any atom is 0.338 e. The van der Waals surface area contributed by atoms with Gasteiger partial charge in [0.15, 0.2) is 0 Å². The summed E-state index contributed by atoms with van der Waals surface area (Å²) in [7, 11) is 0. The second kappa shape index (κ2) is 4.17. The molecule has 2 heterocycles. The molecule has 1 N–H and O–H groups in total. The Labute approximate surface area is 99.4 Å². The van der Waals surface area contributed by atoms with E-state index in [0.29, 0.717) is 13.0 Å². The number of amides is 1. The van der Waals surface area contributed by atoms with E-state index in [0.717, 1.165) is 0 Å². The number of halogens is 1. The van der Waals surface area contributed by atoms with Crippen LogP contribution in [-0.4, -0.2) is 38.3 Å². The number of carbonyl (C=O) groups excluding carboxylic acids is 1. The quantitative estimate of drug-likeness (QED) is 0.808. The topological polar surface area (TPSA) is 83.4 Å². The van der Waals surface area contributed by atoms with Crippen molar-refractivity contribution in [3.05, 3.63) is 18.0 Å². The van der Waals surface area contributed by atoms with E-state index in [9.17, 15) is 9.59 Å². The van der Waals surface area contributed by atoms with Gasteiger partial charge in [-0.05, 0) is 0 Å². The molecule has 0 spiro atoms. The van der Waals surface area contributed by atoms with E-state index < -0.39 is 5.97 Å². The van der Waals surface area contributed by atoms with Crippen LogP contribution < -0.4 is 4.90 Å². The smallest absolute Gasteiger partial charge is 0.338 e. The first-order valence-electron chi connectivity index (χ1n) is 4.57. The van der Waals surface area contributed by atoms with Gasteiger partial charge in [0.25, 0.3) is 0 Å². The maximum absolute atomic E-state index is 11.5. The van der Waals surface area contributed by atoms with Crippen LogP contribution >= 0.6 is 15.9 Å². The Morgan fingerprint density at radius 1 is 1.50 bits per heavy atom. The summed E-state index contributed by atoms with van der Waals surface area (Å²) in [6, 6.07) is 0. The van der Waals surface area contributed by atoms with Crippen molar-refractivity contribution in [1.82, 2.24) is 9.97 Å². The molecule has 0 aromatic carbocycles. The highest BCUT2D eigenvalue weighted by atomic mass is 79.9. The summed E-state index contributed by atoms with van der Waals surface area (Å²) >= 11 is 3.34. The van der Waals surface area contributed by atoms with E-state index >= 15 is 0 Å². The number of alkyl halides is 1. The molecule has 1 aromatic heterocycles. The van der Waals surface area contributed by atoms with Crippen LogP contribution in [0.15, 0.2) is 12.4 Å². The highest BCUT2D eigenvalue weighted by molar-refractivity contribution is 9.09. The van der Waals surface area contributed by atoms with Crippen LogP contribution in [0.4, 0.5) is 5.95 Å². The van der Waals surface area contributed by atoms with Crippen LogP contribution in [0.5, 0.6) is 0 Å². The minimum absolute atomic E-state index is 0.00536. The first-order chi connectivity index (χ1) is 7.58. The molecular formula is C9H8BrN3O3. The molecule has 1 fully saturated rings. The SMILES string of the molecule is O=C(O)c1cnc(N2CC(Br)CC2=O)nc1. The van der Waals surface area contributed by atoms with Gasteiger partial charge in [-0.15, -0.1) is 0 Å². The van der Waals surface area contributed by atoms with Gasteiger partial charge in [-0.2, -0.15) is 0 Å². The zero-order chi connectivity index (χ0) is 11.7. The fourth-order valence-corrected chi connectivity index (χ4v) is 1.99. The standard InChI is InChI=1S/C9H8BrN3O3/c10-6-1-7(14)13(4-6)9-11-2-5(3-12-9)8(15)16/h2-3,6H,1,4H2,(H,15,16). The van der Waals surface area contributed by atoms with Gasteiger partial charge in [0.2, 0.25) is 11.9 Å². The molecule has 1 aliphatic rings. The Morgan fingerprint density at radius 2 is 2.12 bits per heavy atom. The zero-order valence-corrected chi connectivity index (χ0v) is 9.72. The van der Waals surface area contributed by atoms with Crippen LogP contribution in [0, 0.1) is 0 Å². The van der Waals surface area contributed by atoms with E-state index in [1.165, 1.54) is 17.3 Å². The van der Waals surface area contributed by atoms with Crippen molar-refractivity contribution < 1.29 is 14.7 Å². The summed E-state index contributed by atoms with van der Waals surface area (Å²) in [5.41, 5.74) is 0.00536. The number of anilines is 1. The Bertz CT molecular complexity index is 434. The van der Waals surface area contributed by atoms with Crippen molar-refractivity contribution in [2.75, 3.05) is 11.4 Å². The number of nitrogens with zero attached hydrogens (tertiary/aromatic N) is 3. The molecule has 0 aliphatic carbocycles. The van der Waals surface area contributed by atoms with Crippen molar-refractivity contribution >= 4 is 33.8 Å². The van der Waals surface area contributed by atoms with E-state index in [2.05, 4.69) is 25.9 Å². The number of carbonyl (C=O) groups is 2. The molecule has 0 bridgehead atoms. The Morgan fingerprint density at radius 3 is 2.56 bits per heavy atom. The number of hydrogen-bond acceptors (Lipinski definition) is 4. The Kier molecular flexibility index (Phi) is 2.86. The summed E-state index contributed by atoms with van der Waals surface area (Å²) < 4.78 is 0. The third kappa shape index (κ3) is 2.04. The maximum atomic E-state index is 11.5. The number of hydrogen-bond donors (Lipinski definition) is 1. The summed E-state index contributed by atoms with van der Waals surface area (Å²) in [5, 5.41) is 8.67. The summed E-state index contributed by atoms with van der Waals surface area (Å²) in [6.07, 6.45) is 2.79. The van der Waals surface area contributed by atoms with Crippen molar-refractivity contribution in [3.63, 3.8) is 0 Å². The average molecular weight is 286 g/mol. The zero-order valence-electron chi connectivity index (χ0n) is 8.13. The molecule has 0 radical (unpaired) electrons. The minimum atomic E-state index is -1.09. The molecular weight excluding hydrogens is 278 g/mol. The fourth-order valence-electron chi connectivity index (χ4n) is 1.43. The minimum Gasteiger partial charge on any atom is -0.478 e. The summed E-state index contributed by atoms with van der Waals surface area (Å²) in [6.45, 7) is 0.505. The van der Waals surface area contributed by atoms with Crippen molar-refractivity contribution in [1.29, 1.82) is 0 Å². The fraction of sp³-hybridized carbons (Fsp3) is 0.333. The molecule has 0 saturated carbocycles. The largest absolute Gasteiger partial charge is 0.478 e. The van der Waals surface area contributed by atoms with Crippen LogP contribution in [0.3, 0.4) is 0 Å². The normalized spacial score (nSPS) is 20.2. The predicted octanol–water partition coefficient (Wildman–Crippen LogP) is 0.675. The summed E-state index contributed by atoms with van der Waals surface area (Å²) in [5.74, 6) is -0.903. The molecule has 6 nitrogen and oxygen atoms in total. The number of carboxylic acid groups (broad SMARTS) is 1. The third-order valence-electron chi connectivity index (χ3n) is 2.20. The molecule has 2 rings (SSSR count). The monoisotopic (exact) mass is 285 g/mol. The lowest BCUT2D eigenvalue weighted by molar-refractivity contribution is -0.117. The van der Waals surface area contributed by atoms with Gasteiger partial charge in [0.05, 0.1) is 5.56 Å². The van der Waals surface area contributed by atoms with Gasteiger partial charge in [0.1, 0.15) is 0 Å². The van der Waals surface area contributed by atoms with E-state index in [1.807, 2.05) is 0 Å². The van der Waals surface area contributed by atoms with Crippen molar-refractivity contribution in [3.8, 4) is 0 Å². The molecule has 1 unspecified atom stereocenters. The first-order valence-corrected chi connectivity index (χ1v) is 5.49. The summed E-state index contributed by atoms with van der Waals surface area (Å²) in [4.78, 5) is 31.3. The molecule has 1 amide bonds. The molecule has 7 heteroatoms. The molecule has 1 atom stereocenters. The van der Waals surface area contributed by atoms with Crippen molar-refractivity contribution in [2.45, 2.75) is 11.2 Å². The molecule has 1 aliphatic heterocycles. The Hall–Kier alpha value is -1.50. The van der Waals surface area contributed by atoms with Gasteiger partial charge in [-0.3, -0.25) is 9.69 Å². The lowest BCUT2D eigenvalue weighted by Gasteiger charge is -2.12. The number of aromatic nitrogens is 2. The van der Waals surface area contributed by atoms with Crippen LogP contribution in [-0.2, 0) is 4.79 Å².